The van der Waals surface area contributed by atoms with Gasteiger partial charge in [0.05, 0.1) is 11.6 Å². The van der Waals surface area contributed by atoms with Crippen molar-refractivity contribution in [1.82, 2.24) is 5.32 Å². The van der Waals surface area contributed by atoms with Crippen LogP contribution >= 0.6 is 0 Å². The fourth-order valence-electron chi connectivity index (χ4n) is 2.36. The van der Waals surface area contributed by atoms with E-state index in [0.29, 0.717) is 5.56 Å². The van der Waals surface area contributed by atoms with Gasteiger partial charge in [0.2, 0.25) is 5.91 Å². The summed E-state index contributed by atoms with van der Waals surface area (Å²) in [5, 5.41) is 11.7. The highest BCUT2D eigenvalue weighted by atomic mass is 16.1. The molecule has 1 aliphatic heterocycles. The van der Waals surface area contributed by atoms with Crippen LogP contribution in [-0.2, 0) is 4.79 Å². The van der Waals surface area contributed by atoms with Crippen molar-refractivity contribution in [1.29, 1.82) is 5.26 Å². The first-order chi connectivity index (χ1) is 8.69. The van der Waals surface area contributed by atoms with Crippen LogP contribution in [0.3, 0.4) is 0 Å². The van der Waals surface area contributed by atoms with Crippen molar-refractivity contribution in [3.05, 3.63) is 29.8 Å². The normalized spacial score (nSPS) is 19.1. The third-order valence-electron chi connectivity index (χ3n) is 3.19. The Morgan fingerprint density at radius 3 is 2.78 bits per heavy atom. The van der Waals surface area contributed by atoms with E-state index in [2.05, 4.69) is 16.3 Å². The monoisotopic (exact) mass is 243 g/mol. The number of nitrogens with one attached hydrogen (secondary N) is 1. The van der Waals surface area contributed by atoms with Crippen LogP contribution in [0.5, 0.6) is 0 Å². The van der Waals surface area contributed by atoms with Gasteiger partial charge in [0.1, 0.15) is 0 Å². The molecule has 0 saturated carbocycles. The molecule has 0 bridgehead atoms. The van der Waals surface area contributed by atoms with E-state index in [1.807, 2.05) is 24.3 Å². The molecule has 1 aromatic rings. The Bertz CT molecular complexity index is 461. The molecule has 1 aromatic carbocycles. The molecule has 0 aliphatic carbocycles. The zero-order valence-electron chi connectivity index (χ0n) is 10.5. The van der Waals surface area contributed by atoms with Crippen LogP contribution in [0.2, 0.25) is 0 Å². The lowest BCUT2D eigenvalue weighted by Gasteiger charge is -2.34. The van der Waals surface area contributed by atoms with Crippen LogP contribution in [0.4, 0.5) is 5.69 Å². The fourth-order valence-corrected chi connectivity index (χ4v) is 2.36. The third-order valence-corrected chi connectivity index (χ3v) is 3.19. The molecule has 1 heterocycles. The standard InChI is InChI=1S/C14H17N3O/c1-11(18)16-13-3-2-8-17(10-13)14-6-4-12(9-15)5-7-14/h4-7,13H,2-3,8,10H2,1H3,(H,16,18). The lowest BCUT2D eigenvalue weighted by atomic mass is 10.0. The van der Waals surface area contributed by atoms with Gasteiger partial charge < -0.3 is 10.2 Å². The molecule has 1 amide bonds. The van der Waals surface area contributed by atoms with E-state index in [4.69, 9.17) is 5.26 Å². The number of hydrogen-bond acceptors (Lipinski definition) is 3. The highest BCUT2D eigenvalue weighted by Crippen LogP contribution is 2.20. The smallest absolute Gasteiger partial charge is 0.217 e. The van der Waals surface area contributed by atoms with E-state index in [0.717, 1.165) is 31.6 Å². The minimum Gasteiger partial charge on any atom is -0.369 e. The first-order valence-corrected chi connectivity index (χ1v) is 6.21. The average Bonchev–Trinajstić information content (AvgIpc) is 2.38. The summed E-state index contributed by atoms with van der Waals surface area (Å²) in [4.78, 5) is 13.3. The van der Waals surface area contributed by atoms with Crippen LogP contribution in [0.15, 0.2) is 24.3 Å². The van der Waals surface area contributed by atoms with E-state index >= 15 is 0 Å². The van der Waals surface area contributed by atoms with Crippen LogP contribution in [-0.4, -0.2) is 25.0 Å². The van der Waals surface area contributed by atoms with Crippen molar-refractivity contribution in [3.63, 3.8) is 0 Å². The molecule has 4 heteroatoms. The van der Waals surface area contributed by atoms with E-state index in [9.17, 15) is 4.79 Å². The lowest BCUT2D eigenvalue weighted by molar-refractivity contribution is -0.119. The molecule has 1 N–H and O–H groups in total. The highest BCUT2D eigenvalue weighted by Gasteiger charge is 2.20. The molecule has 18 heavy (non-hydrogen) atoms. The van der Waals surface area contributed by atoms with E-state index < -0.39 is 0 Å². The zero-order chi connectivity index (χ0) is 13.0. The van der Waals surface area contributed by atoms with Crippen molar-refractivity contribution < 1.29 is 4.79 Å². The second kappa shape index (κ2) is 5.54. The molecule has 0 aromatic heterocycles. The average molecular weight is 243 g/mol. The molecule has 1 unspecified atom stereocenters. The van der Waals surface area contributed by atoms with Crippen LogP contribution < -0.4 is 10.2 Å². The number of rotatable bonds is 2. The summed E-state index contributed by atoms with van der Waals surface area (Å²) < 4.78 is 0. The summed E-state index contributed by atoms with van der Waals surface area (Å²) in [5.41, 5.74) is 1.79. The molecule has 2 rings (SSSR count). The molecular formula is C14H17N3O. The topological polar surface area (TPSA) is 56.1 Å². The molecule has 1 atom stereocenters. The van der Waals surface area contributed by atoms with E-state index in [1.165, 1.54) is 0 Å². The maximum Gasteiger partial charge on any atom is 0.217 e. The van der Waals surface area contributed by atoms with Gasteiger partial charge in [-0.25, -0.2) is 0 Å². The Balaban J connectivity index is 2.03. The van der Waals surface area contributed by atoms with Gasteiger partial charge in [-0.1, -0.05) is 0 Å². The van der Waals surface area contributed by atoms with E-state index in [1.54, 1.807) is 6.92 Å². The quantitative estimate of drug-likeness (QED) is 0.859. The van der Waals surface area contributed by atoms with Gasteiger partial charge in [0.25, 0.3) is 0 Å². The van der Waals surface area contributed by atoms with Gasteiger partial charge in [-0.05, 0) is 37.1 Å². The largest absolute Gasteiger partial charge is 0.369 e. The number of hydrogen-bond donors (Lipinski definition) is 1. The predicted octanol–water partition coefficient (Wildman–Crippen LogP) is 1.66. The number of carbonyl (C=O) groups excluding carboxylic acids is 1. The van der Waals surface area contributed by atoms with Crippen molar-refractivity contribution >= 4 is 11.6 Å². The van der Waals surface area contributed by atoms with Crippen molar-refractivity contribution in [3.8, 4) is 6.07 Å². The number of anilines is 1. The number of benzene rings is 1. The lowest BCUT2D eigenvalue weighted by Crippen LogP contribution is -2.47. The van der Waals surface area contributed by atoms with Crippen molar-refractivity contribution in [2.24, 2.45) is 0 Å². The van der Waals surface area contributed by atoms with Gasteiger partial charge in [-0.15, -0.1) is 0 Å². The molecule has 0 spiro atoms. The van der Waals surface area contributed by atoms with Gasteiger partial charge >= 0.3 is 0 Å². The molecule has 4 nitrogen and oxygen atoms in total. The maximum absolute atomic E-state index is 11.1. The second-order valence-electron chi connectivity index (χ2n) is 4.64. The first kappa shape index (κ1) is 12.4. The first-order valence-electron chi connectivity index (χ1n) is 6.21. The summed E-state index contributed by atoms with van der Waals surface area (Å²) in [6.45, 7) is 3.40. The predicted molar refractivity (Wildman–Crippen MR) is 70.2 cm³/mol. The minimum atomic E-state index is 0.0293. The maximum atomic E-state index is 11.1. The second-order valence-corrected chi connectivity index (χ2v) is 4.64. The number of nitriles is 1. The summed E-state index contributed by atoms with van der Waals surface area (Å²) in [6, 6.07) is 9.94. The Kier molecular flexibility index (Phi) is 3.83. The summed E-state index contributed by atoms with van der Waals surface area (Å²) in [6.07, 6.45) is 2.11. The van der Waals surface area contributed by atoms with Crippen LogP contribution in [0.25, 0.3) is 0 Å². The number of amides is 1. The number of nitrogens with zero attached hydrogens (tertiary/aromatic N) is 2. The number of carbonyl (C=O) groups is 1. The Hall–Kier alpha value is -2.02. The minimum absolute atomic E-state index is 0.0293. The van der Waals surface area contributed by atoms with E-state index in [-0.39, 0.29) is 11.9 Å². The molecule has 1 saturated heterocycles. The zero-order valence-corrected chi connectivity index (χ0v) is 10.5. The Morgan fingerprint density at radius 2 is 2.17 bits per heavy atom. The Labute approximate surface area is 107 Å². The van der Waals surface area contributed by atoms with Gasteiger partial charge in [0, 0.05) is 31.7 Å². The third kappa shape index (κ3) is 3.01. The van der Waals surface area contributed by atoms with Crippen LogP contribution in [0.1, 0.15) is 25.3 Å². The summed E-state index contributed by atoms with van der Waals surface area (Å²) >= 11 is 0. The molecule has 94 valence electrons. The molecule has 1 aliphatic rings. The molecular weight excluding hydrogens is 226 g/mol. The summed E-state index contributed by atoms with van der Waals surface area (Å²) in [7, 11) is 0. The van der Waals surface area contributed by atoms with Crippen molar-refractivity contribution in [2.45, 2.75) is 25.8 Å². The number of piperidine rings is 1. The summed E-state index contributed by atoms with van der Waals surface area (Å²) in [5.74, 6) is 0.0293. The van der Waals surface area contributed by atoms with Crippen LogP contribution in [0, 0.1) is 11.3 Å². The SMILES string of the molecule is CC(=O)NC1CCCN(c2ccc(C#N)cc2)C1. The molecule has 1 fully saturated rings. The Morgan fingerprint density at radius 1 is 1.44 bits per heavy atom. The molecule has 0 radical (unpaired) electrons. The highest BCUT2D eigenvalue weighted by molar-refractivity contribution is 5.73. The van der Waals surface area contributed by atoms with Gasteiger partial charge in [0.15, 0.2) is 0 Å². The van der Waals surface area contributed by atoms with Crippen molar-refractivity contribution in [2.75, 3.05) is 18.0 Å². The van der Waals surface area contributed by atoms with Gasteiger partial charge in [-0.3, -0.25) is 4.79 Å². The fraction of sp³-hybridized carbons (Fsp3) is 0.429. The van der Waals surface area contributed by atoms with Gasteiger partial charge in [-0.2, -0.15) is 5.26 Å².